The lowest BCUT2D eigenvalue weighted by atomic mass is 10.3. The molecule has 0 amide bonds. The molecule has 0 fully saturated rings. The van der Waals surface area contributed by atoms with Crippen molar-refractivity contribution in [2.24, 2.45) is 0 Å². The molecule has 1 aromatic carbocycles. The first-order valence-electron chi connectivity index (χ1n) is 4.32. The number of aliphatic carboxylic acids is 1. The number of hydrogen-bond acceptors (Lipinski definition) is 3. The van der Waals surface area contributed by atoms with Crippen LogP contribution in [-0.2, 0) is 4.79 Å². The number of ether oxygens (including phenoxy) is 1. The standard InChI is InChI=1S/C10H11FO3S/c1-14-7-3-2-4-8(10(7)11)15-6-5-9(12)13/h2-4H,5-6H2,1H3,(H,12,13). The predicted molar refractivity (Wildman–Crippen MR) is 55.9 cm³/mol. The highest BCUT2D eigenvalue weighted by atomic mass is 32.2. The molecule has 3 nitrogen and oxygen atoms in total. The first-order valence-corrected chi connectivity index (χ1v) is 5.31. The van der Waals surface area contributed by atoms with Crippen LogP contribution in [0.1, 0.15) is 6.42 Å². The van der Waals surface area contributed by atoms with Gasteiger partial charge in [0.15, 0.2) is 11.6 Å². The normalized spacial score (nSPS) is 10.0. The van der Waals surface area contributed by atoms with Crippen molar-refractivity contribution < 1.29 is 19.0 Å². The van der Waals surface area contributed by atoms with Crippen LogP contribution in [0.4, 0.5) is 4.39 Å². The Morgan fingerprint density at radius 2 is 2.33 bits per heavy atom. The number of rotatable bonds is 5. The molecule has 0 aliphatic rings. The fourth-order valence-electron chi connectivity index (χ4n) is 1.01. The van der Waals surface area contributed by atoms with Gasteiger partial charge < -0.3 is 9.84 Å². The van der Waals surface area contributed by atoms with Gasteiger partial charge in [-0.15, -0.1) is 11.8 Å². The van der Waals surface area contributed by atoms with E-state index in [1.54, 1.807) is 12.1 Å². The molecule has 1 N–H and O–H groups in total. The largest absolute Gasteiger partial charge is 0.494 e. The van der Waals surface area contributed by atoms with E-state index in [4.69, 9.17) is 9.84 Å². The van der Waals surface area contributed by atoms with Crippen molar-refractivity contribution in [2.75, 3.05) is 12.9 Å². The van der Waals surface area contributed by atoms with Crippen LogP contribution < -0.4 is 4.74 Å². The fourth-order valence-corrected chi connectivity index (χ4v) is 1.91. The van der Waals surface area contributed by atoms with Crippen LogP contribution in [0.15, 0.2) is 23.1 Å². The van der Waals surface area contributed by atoms with E-state index in [1.807, 2.05) is 0 Å². The average molecular weight is 230 g/mol. The van der Waals surface area contributed by atoms with E-state index < -0.39 is 11.8 Å². The van der Waals surface area contributed by atoms with Gasteiger partial charge in [0.1, 0.15) is 0 Å². The molecule has 15 heavy (non-hydrogen) atoms. The van der Waals surface area contributed by atoms with E-state index in [9.17, 15) is 9.18 Å². The molecule has 0 unspecified atom stereocenters. The lowest BCUT2D eigenvalue weighted by molar-refractivity contribution is -0.136. The number of carbonyl (C=O) groups is 1. The Kier molecular flexibility index (Phi) is 4.42. The van der Waals surface area contributed by atoms with Gasteiger partial charge in [0.25, 0.3) is 0 Å². The maximum absolute atomic E-state index is 13.5. The van der Waals surface area contributed by atoms with Gasteiger partial charge in [0.05, 0.1) is 13.5 Å². The van der Waals surface area contributed by atoms with E-state index in [0.29, 0.717) is 10.6 Å². The Bertz CT molecular complexity index is 355. The molecule has 0 saturated carbocycles. The third-order valence-electron chi connectivity index (χ3n) is 1.72. The summed E-state index contributed by atoms with van der Waals surface area (Å²) in [5.41, 5.74) is 0. The van der Waals surface area contributed by atoms with Crippen LogP contribution in [0.25, 0.3) is 0 Å². The third kappa shape index (κ3) is 3.43. The Morgan fingerprint density at radius 3 is 2.93 bits per heavy atom. The summed E-state index contributed by atoms with van der Waals surface area (Å²) in [4.78, 5) is 10.7. The van der Waals surface area contributed by atoms with Crippen molar-refractivity contribution >= 4 is 17.7 Å². The molecular formula is C10H11FO3S. The van der Waals surface area contributed by atoms with Crippen molar-refractivity contribution in [3.8, 4) is 5.75 Å². The van der Waals surface area contributed by atoms with Crippen LogP contribution in [0.5, 0.6) is 5.75 Å². The topological polar surface area (TPSA) is 46.5 Å². The number of benzene rings is 1. The summed E-state index contributed by atoms with van der Waals surface area (Å²) < 4.78 is 18.3. The molecule has 0 spiro atoms. The van der Waals surface area contributed by atoms with E-state index in [0.717, 1.165) is 0 Å². The monoisotopic (exact) mass is 230 g/mol. The predicted octanol–water partition coefficient (Wildman–Crippen LogP) is 2.40. The van der Waals surface area contributed by atoms with Crippen molar-refractivity contribution in [3.05, 3.63) is 24.0 Å². The smallest absolute Gasteiger partial charge is 0.304 e. The zero-order chi connectivity index (χ0) is 11.3. The molecule has 0 atom stereocenters. The van der Waals surface area contributed by atoms with Gasteiger partial charge in [-0.25, -0.2) is 4.39 Å². The second-order valence-corrected chi connectivity index (χ2v) is 3.90. The zero-order valence-corrected chi connectivity index (χ0v) is 9.01. The highest BCUT2D eigenvalue weighted by Crippen LogP contribution is 2.28. The van der Waals surface area contributed by atoms with Gasteiger partial charge in [-0.3, -0.25) is 4.79 Å². The molecular weight excluding hydrogens is 219 g/mol. The van der Waals surface area contributed by atoms with Crippen LogP contribution >= 0.6 is 11.8 Å². The lowest BCUT2D eigenvalue weighted by Gasteiger charge is -2.05. The highest BCUT2D eigenvalue weighted by Gasteiger charge is 2.08. The van der Waals surface area contributed by atoms with E-state index in [-0.39, 0.29) is 12.2 Å². The number of carboxylic acids is 1. The maximum atomic E-state index is 13.5. The van der Waals surface area contributed by atoms with Crippen LogP contribution in [0, 0.1) is 5.82 Å². The van der Waals surface area contributed by atoms with E-state index >= 15 is 0 Å². The number of hydrogen-bond donors (Lipinski definition) is 1. The quantitative estimate of drug-likeness (QED) is 0.789. The number of carboxylic acid groups (broad SMARTS) is 1. The van der Waals surface area contributed by atoms with E-state index in [1.165, 1.54) is 24.9 Å². The SMILES string of the molecule is COc1cccc(SCCC(=O)O)c1F. The molecule has 0 heterocycles. The minimum Gasteiger partial charge on any atom is -0.494 e. The summed E-state index contributed by atoms with van der Waals surface area (Å²) in [5, 5.41) is 8.43. The molecule has 1 rings (SSSR count). The van der Waals surface area contributed by atoms with Crippen LogP contribution in [0.3, 0.4) is 0 Å². The first-order chi connectivity index (χ1) is 7.15. The lowest BCUT2D eigenvalue weighted by Crippen LogP contribution is -1.96. The van der Waals surface area contributed by atoms with E-state index in [2.05, 4.69) is 0 Å². The molecule has 0 saturated heterocycles. The molecule has 0 radical (unpaired) electrons. The average Bonchev–Trinajstić information content (AvgIpc) is 2.20. The number of methoxy groups -OCH3 is 1. The molecule has 5 heteroatoms. The van der Waals surface area contributed by atoms with Crippen molar-refractivity contribution in [2.45, 2.75) is 11.3 Å². The van der Waals surface area contributed by atoms with Gasteiger partial charge in [-0.2, -0.15) is 0 Å². The third-order valence-corrected chi connectivity index (χ3v) is 2.76. The Labute approximate surface area is 91.2 Å². The second-order valence-electron chi connectivity index (χ2n) is 2.76. The zero-order valence-electron chi connectivity index (χ0n) is 8.20. The van der Waals surface area contributed by atoms with Gasteiger partial charge in [-0.1, -0.05) is 6.07 Å². The summed E-state index contributed by atoms with van der Waals surface area (Å²) in [6, 6.07) is 4.80. The van der Waals surface area contributed by atoms with Gasteiger partial charge in [-0.05, 0) is 12.1 Å². The Balaban J connectivity index is 2.64. The molecule has 0 aromatic heterocycles. The van der Waals surface area contributed by atoms with Crippen molar-refractivity contribution in [1.82, 2.24) is 0 Å². The Morgan fingerprint density at radius 1 is 1.60 bits per heavy atom. The fraction of sp³-hybridized carbons (Fsp3) is 0.300. The summed E-state index contributed by atoms with van der Waals surface area (Å²) in [6.45, 7) is 0. The maximum Gasteiger partial charge on any atom is 0.304 e. The summed E-state index contributed by atoms with van der Waals surface area (Å²) in [5.74, 6) is -0.795. The van der Waals surface area contributed by atoms with Crippen LogP contribution in [0.2, 0.25) is 0 Å². The molecule has 0 aliphatic carbocycles. The van der Waals surface area contributed by atoms with Crippen LogP contribution in [-0.4, -0.2) is 23.9 Å². The van der Waals surface area contributed by atoms with Crippen molar-refractivity contribution in [1.29, 1.82) is 0 Å². The second kappa shape index (κ2) is 5.60. The Hall–Kier alpha value is -1.23. The van der Waals surface area contributed by atoms with Gasteiger partial charge in [0, 0.05) is 10.6 Å². The molecule has 0 bridgehead atoms. The highest BCUT2D eigenvalue weighted by molar-refractivity contribution is 7.99. The first kappa shape index (κ1) is 11.8. The minimum atomic E-state index is -0.884. The summed E-state index contributed by atoms with van der Waals surface area (Å²) in [6.07, 6.45) is 0.0152. The molecule has 82 valence electrons. The minimum absolute atomic E-state index is 0.0152. The molecule has 1 aromatic rings. The summed E-state index contributed by atoms with van der Waals surface area (Å²) in [7, 11) is 1.39. The molecule has 0 aliphatic heterocycles. The summed E-state index contributed by atoms with van der Waals surface area (Å²) >= 11 is 1.17. The van der Waals surface area contributed by atoms with Gasteiger partial charge in [0.2, 0.25) is 0 Å². The van der Waals surface area contributed by atoms with Crippen molar-refractivity contribution in [3.63, 3.8) is 0 Å². The number of thioether (sulfide) groups is 1. The number of halogens is 1. The van der Waals surface area contributed by atoms with Gasteiger partial charge >= 0.3 is 5.97 Å².